The van der Waals surface area contributed by atoms with Gasteiger partial charge in [-0.05, 0) is 28.6 Å². The lowest BCUT2D eigenvalue weighted by Gasteiger charge is -2.15. The van der Waals surface area contributed by atoms with Crippen LogP contribution in [0.15, 0.2) is 47.8 Å². The molecule has 1 aromatic heterocycles. The Morgan fingerprint density at radius 2 is 1.90 bits per heavy atom. The number of non-ortho nitro benzene ring substituents is 1. The second-order valence-electron chi connectivity index (χ2n) is 6.44. The Balaban J connectivity index is 1.45. The van der Waals surface area contributed by atoms with Gasteiger partial charge in [0.1, 0.15) is 5.75 Å². The van der Waals surface area contributed by atoms with E-state index < -0.39 is 4.92 Å². The van der Waals surface area contributed by atoms with Crippen molar-refractivity contribution in [3.63, 3.8) is 0 Å². The molecule has 1 aliphatic heterocycles. The molecule has 2 amide bonds. The van der Waals surface area contributed by atoms with Gasteiger partial charge >= 0.3 is 0 Å². The average molecular weight is 428 g/mol. The predicted octanol–water partition coefficient (Wildman–Crippen LogP) is 4.63. The van der Waals surface area contributed by atoms with E-state index in [-0.39, 0.29) is 29.1 Å². The second-order valence-corrected chi connectivity index (χ2v) is 8.29. The molecule has 0 spiro atoms. The van der Waals surface area contributed by atoms with Crippen LogP contribution in [0.4, 0.5) is 10.5 Å². The number of imide groups is 1. The maximum atomic E-state index is 11.9. The smallest absolute Gasteiger partial charge is 0.289 e. The van der Waals surface area contributed by atoms with Gasteiger partial charge in [0.2, 0.25) is 5.91 Å². The number of ether oxygens (including phenoxy) is 1. The van der Waals surface area contributed by atoms with Crippen LogP contribution in [-0.2, 0) is 17.8 Å². The monoisotopic (exact) mass is 428 g/mol. The van der Waals surface area contributed by atoms with Crippen molar-refractivity contribution in [3.05, 3.63) is 69.1 Å². The van der Waals surface area contributed by atoms with Gasteiger partial charge in [0.05, 0.1) is 23.8 Å². The molecule has 0 atom stereocenters. The maximum Gasteiger partial charge on any atom is 0.289 e. The zero-order chi connectivity index (χ0) is 20.4. The summed E-state index contributed by atoms with van der Waals surface area (Å²) in [6, 6.07) is 12.1. The standard InChI is InChI=1S/C20H16N2O5S2/c23-18-12-29-20(24)21(18)11-14-3-6-17(16-8-10-28-19(14)16)27-9-7-13-1-4-15(5-2-13)22(25)26/h1-6,8,10H,7,9,11-12H2. The molecule has 1 fully saturated rings. The molecule has 1 aliphatic rings. The van der Waals surface area contributed by atoms with Gasteiger partial charge in [0.15, 0.2) is 0 Å². The number of carbonyl (C=O) groups excluding carboxylic acids is 2. The van der Waals surface area contributed by atoms with Crippen LogP contribution in [0.5, 0.6) is 5.75 Å². The number of amides is 2. The van der Waals surface area contributed by atoms with Crippen molar-refractivity contribution in [2.45, 2.75) is 13.0 Å². The molecule has 0 bridgehead atoms. The summed E-state index contributed by atoms with van der Waals surface area (Å²) in [6.45, 7) is 0.701. The molecule has 148 valence electrons. The van der Waals surface area contributed by atoms with Crippen LogP contribution in [0.25, 0.3) is 10.1 Å². The minimum Gasteiger partial charge on any atom is -0.493 e. The van der Waals surface area contributed by atoms with Crippen LogP contribution >= 0.6 is 23.1 Å². The van der Waals surface area contributed by atoms with Crippen LogP contribution in [0.3, 0.4) is 0 Å². The number of carbonyl (C=O) groups is 2. The summed E-state index contributed by atoms with van der Waals surface area (Å²) in [5, 5.41) is 13.4. The quantitative estimate of drug-likeness (QED) is 0.403. The molecule has 0 aliphatic carbocycles. The average Bonchev–Trinajstić information content (AvgIpc) is 3.32. The third kappa shape index (κ3) is 4.10. The maximum absolute atomic E-state index is 11.9. The fraction of sp³-hybridized carbons (Fsp3) is 0.200. The first-order valence-corrected chi connectivity index (χ1v) is 10.7. The van der Waals surface area contributed by atoms with Crippen LogP contribution in [0.2, 0.25) is 0 Å². The minimum absolute atomic E-state index is 0.0682. The highest BCUT2D eigenvalue weighted by molar-refractivity contribution is 8.14. The highest BCUT2D eigenvalue weighted by Crippen LogP contribution is 2.34. The number of rotatable bonds is 7. The molecule has 0 N–H and O–H groups in total. The van der Waals surface area contributed by atoms with E-state index in [1.54, 1.807) is 23.5 Å². The molecule has 0 radical (unpaired) electrons. The molecule has 0 saturated carbocycles. The molecular weight excluding hydrogens is 412 g/mol. The normalized spacial score (nSPS) is 14.0. The highest BCUT2D eigenvalue weighted by atomic mass is 32.2. The fourth-order valence-corrected chi connectivity index (χ4v) is 4.76. The van der Waals surface area contributed by atoms with Gasteiger partial charge in [-0.2, -0.15) is 0 Å². The summed E-state index contributed by atoms with van der Waals surface area (Å²) >= 11 is 2.58. The van der Waals surface area contributed by atoms with Crippen LogP contribution < -0.4 is 4.74 Å². The van der Waals surface area contributed by atoms with E-state index >= 15 is 0 Å². The lowest BCUT2D eigenvalue weighted by Crippen LogP contribution is -2.27. The molecule has 0 unspecified atom stereocenters. The Hall–Kier alpha value is -2.91. The zero-order valence-electron chi connectivity index (χ0n) is 15.2. The Morgan fingerprint density at radius 3 is 2.59 bits per heavy atom. The predicted molar refractivity (Wildman–Crippen MR) is 113 cm³/mol. The zero-order valence-corrected chi connectivity index (χ0v) is 16.8. The molecule has 4 rings (SSSR count). The Kier molecular flexibility index (Phi) is 5.50. The molecule has 29 heavy (non-hydrogen) atoms. The van der Waals surface area contributed by atoms with E-state index in [4.69, 9.17) is 4.74 Å². The summed E-state index contributed by atoms with van der Waals surface area (Å²) in [5.74, 6) is 0.782. The second kappa shape index (κ2) is 8.22. The molecule has 1 saturated heterocycles. The Morgan fingerprint density at radius 1 is 1.10 bits per heavy atom. The van der Waals surface area contributed by atoms with Gasteiger partial charge in [0.25, 0.3) is 10.9 Å². The van der Waals surface area contributed by atoms with E-state index in [9.17, 15) is 19.7 Å². The van der Waals surface area contributed by atoms with E-state index in [2.05, 4.69) is 0 Å². The fourth-order valence-electron chi connectivity index (χ4n) is 3.11. The summed E-state index contributed by atoms with van der Waals surface area (Å²) in [6.07, 6.45) is 0.624. The van der Waals surface area contributed by atoms with Gasteiger partial charge in [-0.1, -0.05) is 30.0 Å². The van der Waals surface area contributed by atoms with E-state index in [1.807, 2.05) is 23.6 Å². The molecule has 9 heteroatoms. The molecule has 7 nitrogen and oxygen atoms in total. The summed E-state index contributed by atoms with van der Waals surface area (Å²) in [5.41, 5.74) is 1.94. The van der Waals surface area contributed by atoms with E-state index in [0.29, 0.717) is 13.0 Å². The number of fused-ring (bicyclic) bond motifs is 1. The summed E-state index contributed by atoms with van der Waals surface area (Å²) in [7, 11) is 0. The topological polar surface area (TPSA) is 89.8 Å². The van der Waals surface area contributed by atoms with Gasteiger partial charge in [-0.15, -0.1) is 11.3 Å². The van der Waals surface area contributed by atoms with Crippen molar-refractivity contribution in [1.29, 1.82) is 0 Å². The van der Waals surface area contributed by atoms with Crippen LogP contribution in [0, 0.1) is 10.1 Å². The minimum atomic E-state index is -0.420. The molecule has 3 aromatic rings. The van der Waals surface area contributed by atoms with Crippen molar-refractivity contribution < 1.29 is 19.2 Å². The Labute approximate surface area is 174 Å². The van der Waals surface area contributed by atoms with Crippen LogP contribution in [-0.4, -0.2) is 33.3 Å². The number of hydrogen-bond acceptors (Lipinski definition) is 7. The van der Waals surface area contributed by atoms with Gasteiger partial charge in [-0.25, -0.2) is 0 Å². The lowest BCUT2D eigenvalue weighted by atomic mass is 10.1. The first kappa shape index (κ1) is 19.4. The lowest BCUT2D eigenvalue weighted by molar-refractivity contribution is -0.384. The molecule has 2 heterocycles. The molecule has 2 aromatic carbocycles. The largest absolute Gasteiger partial charge is 0.493 e. The number of benzene rings is 2. The Bertz CT molecular complexity index is 1080. The molecular formula is C20H16N2O5S2. The SMILES string of the molecule is O=C1CSC(=O)N1Cc1ccc(OCCc2ccc([N+](=O)[O-])cc2)c2ccsc12. The van der Waals surface area contributed by atoms with Gasteiger partial charge in [-0.3, -0.25) is 24.6 Å². The van der Waals surface area contributed by atoms with Crippen molar-refractivity contribution in [2.24, 2.45) is 0 Å². The van der Waals surface area contributed by atoms with E-state index in [1.165, 1.54) is 17.0 Å². The highest BCUT2D eigenvalue weighted by Gasteiger charge is 2.30. The number of thioether (sulfide) groups is 1. The third-order valence-corrected chi connectivity index (χ3v) is 6.47. The van der Waals surface area contributed by atoms with Crippen molar-refractivity contribution >= 4 is 50.0 Å². The third-order valence-electron chi connectivity index (χ3n) is 4.62. The van der Waals surface area contributed by atoms with Gasteiger partial charge < -0.3 is 4.74 Å². The first-order valence-electron chi connectivity index (χ1n) is 8.85. The summed E-state index contributed by atoms with van der Waals surface area (Å²) in [4.78, 5) is 35.4. The summed E-state index contributed by atoms with van der Waals surface area (Å²) < 4.78 is 6.94. The number of hydrogen-bond donors (Lipinski definition) is 0. The van der Waals surface area contributed by atoms with Crippen molar-refractivity contribution in [2.75, 3.05) is 12.4 Å². The van der Waals surface area contributed by atoms with Gasteiger partial charge in [0, 0.05) is 28.6 Å². The number of nitrogens with zero attached hydrogens (tertiary/aromatic N) is 2. The van der Waals surface area contributed by atoms with Crippen LogP contribution in [0.1, 0.15) is 11.1 Å². The number of nitro benzene ring substituents is 1. The van der Waals surface area contributed by atoms with Crippen molar-refractivity contribution in [1.82, 2.24) is 4.90 Å². The van der Waals surface area contributed by atoms with E-state index in [0.717, 1.165) is 38.7 Å². The number of nitro groups is 1. The number of thiophene rings is 1. The van der Waals surface area contributed by atoms with Crippen molar-refractivity contribution in [3.8, 4) is 5.75 Å². The first-order chi connectivity index (χ1) is 14.0.